The van der Waals surface area contributed by atoms with Gasteiger partial charge >= 0.3 is 5.97 Å². The summed E-state index contributed by atoms with van der Waals surface area (Å²) in [6.45, 7) is 4.76. The maximum atomic E-state index is 11.7. The Morgan fingerprint density at radius 2 is 2.35 bits per heavy atom. The van der Waals surface area contributed by atoms with E-state index in [1.165, 1.54) is 11.3 Å². The van der Waals surface area contributed by atoms with Crippen molar-refractivity contribution in [2.45, 2.75) is 20.4 Å². The number of ether oxygens (including phenoxy) is 1. The summed E-state index contributed by atoms with van der Waals surface area (Å²) < 4.78 is 6.78. The van der Waals surface area contributed by atoms with Gasteiger partial charge in [-0.05, 0) is 19.9 Å². The van der Waals surface area contributed by atoms with Gasteiger partial charge in [0, 0.05) is 24.8 Å². The van der Waals surface area contributed by atoms with Crippen LogP contribution < -0.4 is 11.1 Å². The number of nitrogens with zero attached hydrogens (tertiary/aromatic N) is 2. The van der Waals surface area contributed by atoms with Gasteiger partial charge in [0.1, 0.15) is 4.88 Å². The minimum atomic E-state index is -0.374. The van der Waals surface area contributed by atoms with Crippen molar-refractivity contribution in [1.82, 2.24) is 9.78 Å². The van der Waals surface area contributed by atoms with Crippen molar-refractivity contribution >= 4 is 28.0 Å². The molecule has 0 aliphatic carbocycles. The van der Waals surface area contributed by atoms with Crippen LogP contribution in [0.5, 0.6) is 0 Å². The number of thiophene rings is 1. The molecule has 0 spiro atoms. The molecule has 0 radical (unpaired) electrons. The molecule has 20 heavy (non-hydrogen) atoms. The minimum absolute atomic E-state index is 0.341. The average Bonchev–Trinajstić information content (AvgIpc) is 2.93. The molecule has 0 saturated heterocycles. The van der Waals surface area contributed by atoms with Crippen molar-refractivity contribution < 1.29 is 9.53 Å². The molecular weight excluding hydrogens is 276 g/mol. The van der Waals surface area contributed by atoms with Gasteiger partial charge in [0.25, 0.3) is 0 Å². The molecule has 0 amide bonds. The highest BCUT2D eigenvalue weighted by atomic mass is 32.1. The lowest BCUT2D eigenvalue weighted by molar-refractivity contribution is 0.0533. The molecule has 2 rings (SSSR count). The summed E-state index contributed by atoms with van der Waals surface area (Å²) in [6.07, 6.45) is 1.82. The van der Waals surface area contributed by atoms with Crippen LogP contribution in [0.4, 0.5) is 10.7 Å². The first-order chi connectivity index (χ1) is 9.52. The van der Waals surface area contributed by atoms with Gasteiger partial charge in [-0.3, -0.25) is 4.68 Å². The first-order valence-corrected chi connectivity index (χ1v) is 7.12. The second-order valence-corrected chi connectivity index (χ2v) is 5.40. The minimum Gasteiger partial charge on any atom is -0.462 e. The van der Waals surface area contributed by atoms with E-state index in [4.69, 9.17) is 10.5 Å². The van der Waals surface area contributed by atoms with Crippen molar-refractivity contribution in [3.05, 3.63) is 28.4 Å². The van der Waals surface area contributed by atoms with Crippen molar-refractivity contribution in [1.29, 1.82) is 0 Å². The summed E-state index contributed by atoms with van der Waals surface area (Å²) in [7, 11) is 1.90. The number of rotatable bonds is 5. The van der Waals surface area contributed by atoms with Gasteiger partial charge < -0.3 is 15.8 Å². The highest BCUT2D eigenvalue weighted by Gasteiger charge is 2.15. The smallest absolute Gasteiger partial charge is 0.350 e. The van der Waals surface area contributed by atoms with Crippen molar-refractivity contribution in [3.8, 4) is 0 Å². The lowest BCUT2D eigenvalue weighted by Gasteiger charge is -2.03. The molecular formula is C13H18N4O2S. The second kappa shape index (κ2) is 5.96. The van der Waals surface area contributed by atoms with Crippen LogP contribution in [-0.2, 0) is 18.3 Å². The normalized spacial score (nSPS) is 10.6. The van der Waals surface area contributed by atoms with Crippen LogP contribution >= 0.6 is 11.3 Å². The van der Waals surface area contributed by atoms with Crippen LogP contribution in [0.3, 0.4) is 0 Å². The number of aryl methyl sites for hydroxylation is 1. The zero-order valence-corrected chi connectivity index (χ0v) is 12.6. The number of nitrogen functional groups attached to an aromatic ring is 1. The molecule has 0 bridgehead atoms. The van der Waals surface area contributed by atoms with Crippen LogP contribution in [0, 0.1) is 6.92 Å². The summed E-state index contributed by atoms with van der Waals surface area (Å²) in [6, 6.07) is 1.75. The molecule has 0 aromatic carbocycles. The molecule has 0 fully saturated rings. The molecule has 7 heteroatoms. The summed E-state index contributed by atoms with van der Waals surface area (Å²) in [5.74, 6) is -0.374. The monoisotopic (exact) mass is 294 g/mol. The van der Waals surface area contributed by atoms with Crippen LogP contribution in [0.25, 0.3) is 0 Å². The van der Waals surface area contributed by atoms with Gasteiger partial charge in [-0.2, -0.15) is 5.10 Å². The highest BCUT2D eigenvalue weighted by Crippen LogP contribution is 2.30. The van der Waals surface area contributed by atoms with Crippen LogP contribution in [0.2, 0.25) is 0 Å². The summed E-state index contributed by atoms with van der Waals surface area (Å²) in [4.78, 5) is 12.1. The molecule has 0 unspecified atom stereocenters. The number of hydrogen-bond acceptors (Lipinski definition) is 6. The number of carbonyl (C=O) groups excluding carboxylic acids is 1. The fourth-order valence-corrected chi connectivity index (χ4v) is 2.62. The predicted octanol–water partition coefficient (Wildman–Crippen LogP) is 2.16. The van der Waals surface area contributed by atoms with E-state index < -0.39 is 0 Å². The third-order valence-electron chi connectivity index (χ3n) is 3.01. The van der Waals surface area contributed by atoms with Crippen molar-refractivity contribution in [2.24, 2.45) is 7.05 Å². The summed E-state index contributed by atoms with van der Waals surface area (Å²) in [5.41, 5.74) is 8.48. The SMILES string of the molecule is CCOC(=O)c1sc(NCc2cnn(C)c2C)cc1N. The van der Waals surface area contributed by atoms with Gasteiger partial charge in [0.15, 0.2) is 0 Å². The second-order valence-electron chi connectivity index (χ2n) is 4.35. The summed E-state index contributed by atoms with van der Waals surface area (Å²) >= 11 is 1.30. The van der Waals surface area contributed by atoms with Gasteiger partial charge in [-0.15, -0.1) is 11.3 Å². The molecule has 6 nitrogen and oxygen atoms in total. The molecule has 2 aromatic heterocycles. The Morgan fingerprint density at radius 1 is 1.60 bits per heavy atom. The molecule has 108 valence electrons. The van der Waals surface area contributed by atoms with E-state index in [9.17, 15) is 4.79 Å². The van der Waals surface area contributed by atoms with Gasteiger partial charge in [0.05, 0.1) is 23.5 Å². The molecule has 0 saturated carbocycles. The fraction of sp³-hybridized carbons (Fsp3) is 0.385. The number of carbonyl (C=O) groups is 1. The first-order valence-electron chi connectivity index (χ1n) is 6.30. The zero-order valence-electron chi connectivity index (χ0n) is 11.8. The lowest BCUT2D eigenvalue weighted by Crippen LogP contribution is -2.04. The average molecular weight is 294 g/mol. The number of aromatic nitrogens is 2. The Morgan fingerprint density at radius 3 is 2.95 bits per heavy atom. The first kappa shape index (κ1) is 14.4. The van der Waals surface area contributed by atoms with E-state index >= 15 is 0 Å². The topological polar surface area (TPSA) is 82.2 Å². The Labute approximate surface area is 121 Å². The zero-order chi connectivity index (χ0) is 14.7. The fourth-order valence-electron chi connectivity index (χ4n) is 1.75. The van der Waals surface area contributed by atoms with Gasteiger partial charge in [-0.1, -0.05) is 0 Å². The Bertz CT molecular complexity index is 618. The van der Waals surface area contributed by atoms with E-state index in [1.54, 1.807) is 13.0 Å². The predicted molar refractivity (Wildman–Crippen MR) is 80.0 cm³/mol. The Hall–Kier alpha value is -2.02. The van der Waals surface area contributed by atoms with E-state index in [1.807, 2.05) is 24.9 Å². The lowest BCUT2D eigenvalue weighted by atomic mass is 10.2. The molecule has 0 aliphatic heterocycles. The number of anilines is 2. The third-order valence-corrected chi connectivity index (χ3v) is 4.10. The summed E-state index contributed by atoms with van der Waals surface area (Å²) in [5, 5.41) is 8.28. The van der Waals surface area contributed by atoms with E-state index in [2.05, 4.69) is 10.4 Å². The standard InChI is InChI=1S/C13H18N4O2S/c1-4-19-13(18)12-10(14)5-11(20-12)15-6-9-7-16-17(3)8(9)2/h5,7,15H,4,6,14H2,1-3H3. The van der Waals surface area contributed by atoms with Crippen LogP contribution in [-0.4, -0.2) is 22.4 Å². The van der Waals surface area contributed by atoms with Gasteiger partial charge in [0.2, 0.25) is 0 Å². The van der Waals surface area contributed by atoms with Crippen LogP contribution in [0.15, 0.2) is 12.3 Å². The largest absolute Gasteiger partial charge is 0.462 e. The molecule has 3 N–H and O–H groups in total. The molecule has 2 heterocycles. The Kier molecular flexibility index (Phi) is 4.29. The molecule has 0 atom stereocenters. The van der Waals surface area contributed by atoms with E-state index in [0.717, 1.165) is 16.3 Å². The number of hydrogen-bond donors (Lipinski definition) is 2. The van der Waals surface area contributed by atoms with Crippen molar-refractivity contribution in [3.63, 3.8) is 0 Å². The maximum Gasteiger partial charge on any atom is 0.350 e. The maximum absolute atomic E-state index is 11.7. The van der Waals surface area contributed by atoms with Crippen molar-refractivity contribution in [2.75, 3.05) is 17.7 Å². The Balaban J connectivity index is 2.05. The number of nitrogens with two attached hydrogens (primary N) is 1. The van der Waals surface area contributed by atoms with Gasteiger partial charge in [-0.25, -0.2) is 4.79 Å². The number of esters is 1. The molecule has 0 aliphatic rings. The highest BCUT2D eigenvalue weighted by molar-refractivity contribution is 7.18. The number of nitrogens with one attached hydrogen (secondary N) is 1. The van der Waals surface area contributed by atoms with Crippen LogP contribution in [0.1, 0.15) is 27.9 Å². The quantitative estimate of drug-likeness (QED) is 0.826. The van der Waals surface area contributed by atoms with E-state index in [-0.39, 0.29) is 5.97 Å². The third kappa shape index (κ3) is 2.93. The molecule has 2 aromatic rings. The van der Waals surface area contributed by atoms with E-state index in [0.29, 0.717) is 23.7 Å².